The summed E-state index contributed by atoms with van der Waals surface area (Å²) >= 11 is 0. The highest BCUT2D eigenvalue weighted by Gasteiger charge is 2.23. The Labute approximate surface area is 96.0 Å². The Morgan fingerprint density at radius 3 is 2.44 bits per heavy atom. The van der Waals surface area contributed by atoms with Gasteiger partial charge in [0.05, 0.1) is 0 Å². The molecule has 3 nitrogen and oxygen atoms in total. The van der Waals surface area contributed by atoms with E-state index in [1.54, 1.807) is 0 Å². The predicted octanol–water partition coefficient (Wildman–Crippen LogP) is 1.56. The van der Waals surface area contributed by atoms with Crippen molar-refractivity contribution in [3.05, 3.63) is 35.4 Å². The van der Waals surface area contributed by atoms with Crippen LogP contribution in [0.25, 0.3) is 0 Å². The summed E-state index contributed by atoms with van der Waals surface area (Å²) in [5, 5.41) is 2.94. The molecule has 3 heteroatoms. The first-order valence-corrected chi connectivity index (χ1v) is 5.82. The Kier molecular flexibility index (Phi) is 3.57. The van der Waals surface area contributed by atoms with E-state index >= 15 is 0 Å². The lowest BCUT2D eigenvalue weighted by atomic mass is 10.1. The van der Waals surface area contributed by atoms with E-state index in [-0.39, 0.29) is 5.91 Å². The van der Waals surface area contributed by atoms with Gasteiger partial charge in [0.2, 0.25) is 5.91 Å². The van der Waals surface area contributed by atoms with Gasteiger partial charge in [0.1, 0.15) is 0 Å². The maximum atomic E-state index is 11.5. The van der Waals surface area contributed by atoms with Crippen LogP contribution in [0.3, 0.4) is 0 Å². The molecule has 1 aromatic rings. The molecule has 16 heavy (non-hydrogen) atoms. The van der Waals surface area contributed by atoms with Crippen LogP contribution in [0.4, 0.5) is 0 Å². The number of benzene rings is 1. The normalized spacial score (nSPS) is 14.8. The van der Waals surface area contributed by atoms with Crippen LogP contribution in [0.1, 0.15) is 30.4 Å². The summed E-state index contributed by atoms with van der Waals surface area (Å²) < 4.78 is 0. The maximum Gasteiger partial charge on any atom is 0.220 e. The Morgan fingerprint density at radius 1 is 1.25 bits per heavy atom. The highest BCUT2D eigenvalue weighted by Crippen LogP contribution is 2.32. The first-order chi connectivity index (χ1) is 7.78. The Hall–Kier alpha value is -1.35. The number of rotatable bonds is 5. The predicted molar refractivity (Wildman–Crippen MR) is 63.5 cm³/mol. The molecule has 1 fully saturated rings. The van der Waals surface area contributed by atoms with Gasteiger partial charge in [-0.15, -0.1) is 0 Å². The number of hydrogen-bond acceptors (Lipinski definition) is 2. The van der Waals surface area contributed by atoms with Crippen molar-refractivity contribution in [1.82, 2.24) is 5.32 Å². The van der Waals surface area contributed by atoms with Crippen molar-refractivity contribution in [1.29, 1.82) is 0 Å². The van der Waals surface area contributed by atoms with Crippen LogP contribution in [-0.2, 0) is 17.9 Å². The fraction of sp³-hybridized carbons (Fsp3) is 0.462. The summed E-state index contributed by atoms with van der Waals surface area (Å²) in [5.74, 6) is 0.824. The maximum absolute atomic E-state index is 11.5. The van der Waals surface area contributed by atoms with E-state index in [2.05, 4.69) is 5.32 Å². The standard InChI is InChI=1S/C13H18N2O/c14-8-11-3-5-12(6-4-11)9-15-13(16)7-10-1-2-10/h3-6,10H,1-2,7-9,14H2,(H,15,16). The van der Waals surface area contributed by atoms with E-state index in [1.807, 2.05) is 24.3 Å². The molecule has 0 radical (unpaired) electrons. The van der Waals surface area contributed by atoms with Gasteiger partial charge in [0.25, 0.3) is 0 Å². The molecule has 3 N–H and O–H groups in total. The lowest BCUT2D eigenvalue weighted by Gasteiger charge is -2.05. The molecule has 0 atom stereocenters. The molecular formula is C13H18N2O. The highest BCUT2D eigenvalue weighted by atomic mass is 16.1. The van der Waals surface area contributed by atoms with E-state index in [4.69, 9.17) is 5.73 Å². The summed E-state index contributed by atoms with van der Waals surface area (Å²) in [7, 11) is 0. The lowest BCUT2D eigenvalue weighted by Crippen LogP contribution is -2.22. The number of nitrogens with two attached hydrogens (primary N) is 1. The van der Waals surface area contributed by atoms with Crippen molar-refractivity contribution in [3.8, 4) is 0 Å². The summed E-state index contributed by atoms with van der Waals surface area (Å²) in [4.78, 5) is 11.5. The number of nitrogens with one attached hydrogen (secondary N) is 1. The van der Waals surface area contributed by atoms with E-state index in [1.165, 1.54) is 12.8 Å². The van der Waals surface area contributed by atoms with Crippen molar-refractivity contribution in [2.75, 3.05) is 0 Å². The summed E-state index contributed by atoms with van der Waals surface area (Å²) in [6, 6.07) is 8.03. The monoisotopic (exact) mass is 218 g/mol. The third kappa shape index (κ3) is 3.35. The van der Waals surface area contributed by atoms with Gasteiger partial charge in [0, 0.05) is 19.5 Å². The zero-order valence-corrected chi connectivity index (χ0v) is 9.41. The number of carbonyl (C=O) groups is 1. The molecule has 0 aliphatic heterocycles. The van der Waals surface area contributed by atoms with Crippen LogP contribution in [0, 0.1) is 5.92 Å². The minimum atomic E-state index is 0.172. The quantitative estimate of drug-likeness (QED) is 0.788. The molecule has 1 saturated carbocycles. The molecule has 0 aromatic heterocycles. The topological polar surface area (TPSA) is 55.1 Å². The summed E-state index contributed by atoms with van der Waals surface area (Å²) in [5.41, 5.74) is 7.76. The van der Waals surface area contributed by atoms with Crippen LogP contribution >= 0.6 is 0 Å². The molecule has 0 heterocycles. The average Bonchev–Trinajstić information content (AvgIpc) is 3.11. The van der Waals surface area contributed by atoms with Crippen molar-refractivity contribution < 1.29 is 4.79 Å². The van der Waals surface area contributed by atoms with Crippen molar-refractivity contribution >= 4 is 5.91 Å². The minimum absolute atomic E-state index is 0.172. The van der Waals surface area contributed by atoms with Crippen molar-refractivity contribution in [2.45, 2.75) is 32.4 Å². The van der Waals surface area contributed by atoms with E-state index in [9.17, 15) is 4.79 Å². The molecule has 86 valence electrons. The van der Waals surface area contributed by atoms with Crippen LogP contribution < -0.4 is 11.1 Å². The van der Waals surface area contributed by atoms with Gasteiger partial charge >= 0.3 is 0 Å². The molecule has 0 bridgehead atoms. The van der Waals surface area contributed by atoms with Gasteiger partial charge in [-0.3, -0.25) is 4.79 Å². The van der Waals surface area contributed by atoms with Gasteiger partial charge in [-0.25, -0.2) is 0 Å². The largest absolute Gasteiger partial charge is 0.352 e. The molecule has 1 amide bonds. The molecular weight excluding hydrogens is 200 g/mol. The smallest absolute Gasteiger partial charge is 0.220 e. The van der Waals surface area contributed by atoms with Gasteiger partial charge in [0.15, 0.2) is 0 Å². The lowest BCUT2D eigenvalue weighted by molar-refractivity contribution is -0.121. The van der Waals surface area contributed by atoms with Gasteiger partial charge in [-0.2, -0.15) is 0 Å². The first-order valence-electron chi connectivity index (χ1n) is 5.82. The first kappa shape index (κ1) is 11.1. The fourth-order valence-corrected chi connectivity index (χ4v) is 1.65. The number of carbonyl (C=O) groups excluding carboxylic acids is 1. The minimum Gasteiger partial charge on any atom is -0.352 e. The van der Waals surface area contributed by atoms with Gasteiger partial charge < -0.3 is 11.1 Å². The fourth-order valence-electron chi connectivity index (χ4n) is 1.65. The second-order valence-corrected chi connectivity index (χ2v) is 4.44. The zero-order valence-electron chi connectivity index (χ0n) is 9.41. The second kappa shape index (κ2) is 5.12. The van der Waals surface area contributed by atoms with Crippen molar-refractivity contribution in [2.24, 2.45) is 11.7 Å². The molecule has 1 aromatic carbocycles. The summed E-state index contributed by atoms with van der Waals surface area (Å²) in [6.45, 7) is 1.19. The molecule has 0 unspecified atom stereocenters. The number of hydrogen-bond donors (Lipinski definition) is 2. The third-order valence-electron chi connectivity index (χ3n) is 2.92. The van der Waals surface area contributed by atoms with Crippen LogP contribution in [0.15, 0.2) is 24.3 Å². The molecule has 0 spiro atoms. The van der Waals surface area contributed by atoms with Gasteiger partial charge in [-0.1, -0.05) is 24.3 Å². The molecule has 0 saturated heterocycles. The SMILES string of the molecule is NCc1ccc(CNC(=O)CC2CC2)cc1. The second-order valence-electron chi connectivity index (χ2n) is 4.44. The molecule has 2 rings (SSSR count). The average molecular weight is 218 g/mol. The number of amides is 1. The summed E-state index contributed by atoms with van der Waals surface area (Å²) in [6.07, 6.45) is 3.14. The van der Waals surface area contributed by atoms with Crippen molar-refractivity contribution in [3.63, 3.8) is 0 Å². The Balaban J connectivity index is 1.76. The van der Waals surface area contributed by atoms with Crippen LogP contribution in [0.5, 0.6) is 0 Å². The van der Waals surface area contributed by atoms with Crippen LogP contribution in [0.2, 0.25) is 0 Å². The third-order valence-corrected chi connectivity index (χ3v) is 2.92. The van der Waals surface area contributed by atoms with E-state index in [0.717, 1.165) is 11.1 Å². The Bertz CT molecular complexity index is 355. The van der Waals surface area contributed by atoms with E-state index < -0.39 is 0 Å². The zero-order chi connectivity index (χ0) is 11.4. The van der Waals surface area contributed by atoms with Crippen LogP contribution in [-0.4, -0.2) is 5.91 Å². The van der Waals surface area contributed by atoms with E-state index in [0.29, 0.717) is 25.4 Å². The molecule has 1 aliphatic carbocycles. The Morgan fingerprint density at radius 2 is 1.88 bits per heavy atom. The molecule has 1 aliphatic rings. The highest BCUT2D eigenvalue weighted by molar-refractivity contribution is 5.76. The van der Waals surface area contributed by atoms with Gasteiger partial charge in [-0.05, 0) is 29.9 Å².